The first kappa shape index (κ1) is 5.18. The quantitative estimate of drug-likeness (QED) is 0.535. The summed E-state index contributed by atoms with van der Waals surface area (Å²) in [5.41, 5.74) is 1.27. The highest BCUT2D eigenvalue weighted by molar-refractivity contribution is 5.86. The van der Waals surface area contributed by atoms with Crippen molar-refractivity contribution in [2.45, 2.75) is 19.3 Å². The van der Waals surface area contributed by atoms with E-state index < -0.39 is 0 Å². The predicted molar refractivity (Wildman–Crippen MR) is 38.7 cm³/mol. The Morgan fingerprint density at radius 2 is 2.18 bits per heavy atom. The molecule has 0 bridgehead atoms. The molecule has 1 saturated heterocycles. The number of fused-ring (bicyclic) bond motifs is 1. The van der Waals surface area contributed by atoms with Gasteiger partial charge >= 0.3 is 0 Å². The van der Waals surface area contributed by atoms with E-state index in [9.17, 15) is 4.79 Å². The van der Waals surface area contributed by atoms with Crippen LogP contribution in [0.2, 0.25) is 0 Å². The molecule has 1 N–H and O–H groups in total. The molecule has 2 nitrogen and oxygen atoms in total. The molecule has 4 rings (SSSR count). The number of carbonyl (C=O) groups excluding carboxylic acids is 1. The highest BCUT2D eigenvalue weighted by Crippen LogP contribution is 2.93. The van der Waals surface area contributed by atoms with Gasteiger partial charge in [0.1, 0.15) is 0 Å². The zero-order valence-electron chi connectivity index (χ0n) is 6.39. The average Bonchev–Trinajstić information content (AvgIpc) is 2.41. The zero-order chi connectivity index (χ0) is 7.27. The average molecular weight is 149 g/mol. The van der Waals surface area contributed by atoms with Gasteiger partial charge in [-0.1, -0.05) is 0 Å². The van der Waals surface area contributed by atoms with E-state index in [-0.39, 0.29) is 0 Å². The van der Waals surface area contributed by atoms with Crippen LogP contribution in [0.25, 0.3) is 0 Å². The highest BCUT2D eigenvalue weighted by atomic mass is 16.2. The van der Waals surface area contributed by atoms with Gasteiger partial charge in [0.25, 0.3) is 0 Å². The summed E-state index contributed by atoms with van der Waals surface area (Å²) in [6.45, 7) is 0.991. The van der Waals surface area contributed by atoms with Crippen LogP contribution in [0.15, 0.2) is 0 Å². The third-order valence-electron chi connectivity index (χ3n) is 5.00. The third-order valence-corrected chi connectivity index (χ3v) is 5.00. The van der Waals surface area contributed by atoms with Gasteiger partial charge in [-0.15, -0.1) is 0 Å². The van der Waals surface area contributed by atoms with Gasteiger partial charge in [-0.3, -0.25) is 4.79 Å². The van der Waals surface area contributed by atoms with E-state index >= 15 is 0 Å². The Morgan fingerprint density at radius 1 is 1.36 bits per heavy atom. The fraction of sp³-hybridized carbons (Fsp3) is 0.889. The van der Waals surface area contributed by atoms with Crippen LogP contribution in [-0.4, -0.2) is 12.5 Å². The van der Waals surface area contributed by atoms with Gasteiger partial charge in [0.05, 0.1) is 0 Å². The Labute approximate surface area is 65.3 Å². The molecule has 4 atom stereocenters. The van der Waals surface area contributed by atoms with E-state index in [0.717, 1.165) is 12.5 Å². The van der Waals surface area contributed by atoms with Gasteiger partial charge in [0.15, 0.2) is 0 Å². The lowest BCUT2D eigenvalue weighted by atomic mass is 9.48. The van der Waals surface area contributed by atoms with Crippen LogP contribution in [0.1, 0.15) is 19.3 Å². The number of hydrogen-bond donors (Lipinski definition) is 1. The lowest BCUT2D eigenvalue weighted by molar-refractivity contribution is -0.140. The van der Waals surface area contributed by atoms with Crippen molar-refractivity contribution in [2.24, 2.45) is 22.7 Å². The van der Waals surface area contributed by atoms with Gasteiger partial charge in [0.2, 0.25) is 5.91 Å². The molecule has 4 unspecified atom stereocenters. The van der Waals surface area contributed by atoms with Gasteiger partial charge in [-0.25, -0.2) is 0 Å². The van der Waals surface area contributed by atoms with Crippen LogP contribution in [0.3, 0.4) is 0 Å². The van der Waals surface area contributed by atoms with Crippen LogP contribution in [0.4, 0.5) is 0 Å². The van der Waals surface area contributed by atoms with Crippen molar-refractivity contribution < 1.29 is 4.79 Å². The summed E-state index contributed by atoms with van der Waals surface area (Å²) >= 11 is 0. The van der Waals surface area contributed by atoms with Crippen LogP contribution in [-0.2, 0) is 4.79 Å². The summed E-state index contributed by atoms with van der Waals surface area (Å²) in [7, 11) is 0. The Hall–Kier alpha value is -0.530. The van der Waals surface area contributed by atoms with E-state index in [1.165, 1.54) is 19.3 Å². The van der Waals surface area contributed by atoms with Crippen LogP contribution in [0, 0.1) is 22.7 Å². The Bertz CT molecular complexity index is 287. The van der Waals surface area contributed by atoms with Crippen molar-refractivity contribution in [3.8, 4) is 0 Å². The molecule has 0 aromatic rings. The number of amides is 1. The Kier molecular flexibility index (Phi) is 0.493. The third kappa shape index (κ3) is 0.267. The fourth-order valence-corrected chi connectivity index (χ4v) is 4.40. The van der Waals surface area contributed by atoms with Gasteiger partial charge < -0.3 is 5.32 Å². The van der Waals surface area contributed by atoms with Crippen molar-refractivity contribution in [1.82, 2.24) is 5.32 Å². The number of carbonyl (C=O) groups is 1. The lowest BCUT2D eigenvalue weighted by Crippen LogP contribution is -2.53. The van der Waals surface area contributed by atoms with E-state index in [1.54, 1.807) is 0 Å². The van der Waals surface area contributed by atoms with Crippen molar-refractivity contribution in [3.05, 3.63) is 0 Å². The van der Waals surface area contributed by atoms with Gasteiger partial charge in [0, 0.05) is 12.5 Å². The molecule has 58 valence electrons. The first-order valence-electron chi connectivity index (χ1n) is 4.58. The number of nitrogens with one attached hydrogen (secondary N) is 1. The van der Waals surface area contributed by atoms with Crippen molar-refractivity contribution in [3.63, 3.8) is 0 Å². The van der Waals surface area contributed by atoms with Gasteiger partial charge in [-0.2, -0.15) is 0 Å². The second kappa shape index (κ2) is 1.05. The molecule has 3 aliphatic carbocycles. The lowest BCUT2D eigenvalue weighted by Gasteiger charge is -2.54. The maximum Gasteiger partial charge on any atom is 0.224 e. The summed E-state index contributed by atoms with van der Waals surface area (Å²) in [5, 5.41) is 2.99. The molecule has 3 saturated carbocycles. The molecular formula is C9H11NO. The Balaban J connectivity index is 1.86. The maximum absolute atomic E-state index is 11.3. The monoisotopic (exact) mass is 149 g/mol. The number of rotatable bonds is 0. The predicted octanol–water partition coefficient (Wildman–Crippen LogP) is 0.532. The highest BCUT2D eigenvalue weighted by Gasteiger charge is 2.90. The van der Waals surface area contributed by atoms with Crippen LogP contribution in [0.5, 0.6) is 0 Å². The fourth-order valence-electron chi connectivity index (χ4n) is 4.40. The normalized spacial score (nSPS) is 68.2. The molecule has 0 radical (unpaired) electrons. The minimum Gasteiger partial charge on any atom is -0.356 e. The van der Waals surface area contributed by atoms with Gasteiger partial charge in [-0.05, 0) is 36.0 Å². The molecule has 4 aliphatic rings. The molecule has 4 fully saturated rings. The van der Waals surface area contributed by atoms with Crippen LogP contribution < -0.4 is 5.32 Å². The van der Waals surface area contributed by atoms with Crippen molar-refractivity contribution >= 4 is 5.91 Å². The molecule has 1 aliphatic heterocycles. The summed E-state index contributed by atoms with van der Waals surface area (Å²) in [5.74, 6) is 1.57. The van der Waals surface area contributed by atoms with E-state index in [2.05, 4.69) is 5.32 Å². The first-order chi connectivity index (χ1) is 5.30. The zero-order valence-corrected chi connectivity index (χ0v) is 6.39. The second-order valence-corrected chi connectivity index (χ2v) is 4.82. The summed E-state index contributed by atoms with van der Waals surface area (Å²) < 4.78 is 0. The van der Waals surface area contributed by atoms with Crippen molar-refractivity contribution in [2.75, 3.05) is 6.54 Å². The summed E-state index contributed by atoms with van der Waals surface area (Å²) in [6.07, 6.45) is 4.16. The minimum atomic E-state index is 0.364. The van der Waals surface area contributed by atoms with E-state index in [0.29, 0.717) is 22.7 Å². The standard InChI is InChI=1S/C9H11NO/c11-7-6-5(3-10-7)8-1-2-9(6,8)4-8/h5-6H,1-4H2,(H,10,11). The smallest absolute Gasteiger partial charge is 0.224 e. The molecule has 1 amide bonds. The van der Waals surface area contributed by atoms with E-state index in [1.807, 2.05) is 0 Å². The molecule has 1 heterocycles. The topological polar surface area (TPSA) is 29.1 Å². The molecular weight excluding hydrogens is 138 g/mol. The molecule has 0 spiro atoms. The molecule has 0 aromatic heterocycles. The number of hydrogen-bond acceptors (Lipinski definition) is 1. The largest absolute Gasteiger partial charge is 0.356 e. The molecule has 2 heteroatoms. The van der Waals surface area contributed by atoms with Crippen molar-refractivity contribution in [1.29, 1.82) is 0 Å². The molecule has 0 aromatic carbocycles. The summed E-state index contributed by atoms with van der Waals surface area (Å²) in [4.78, 5) is 11.3. The minimum absolute atomic E-state index is 0.364. The SMILES string of the molecule is O=C1NCC2C1C13CCC21C3. The maximum atomic E-state index is 11.3. The Morgan fingerprint density at radius 3 is 2.82 bits per heavy atom. The summed E-state index contributed by atoms with van der Waals surface area (Å²) in [6, 6.07) is 0. The van der Waals surface area contributed by atoms with E-state index in [4.69, 9.17) is 0 Å². The first-order valence-corrected chi connectivity index (χ1v) is 4.58. The van der Waals surface area contributed by atoms with Crippen LogP contribution >= 0.6 is 0 Å². The second-order valence-electron chi connectivity index (χ2n) is 4.82. The molecule has 11 heavy (non-hydrogen) atoms.